The molecule has 1 heterocycles. The van der Waals surface area contributed by atoms with Crippen molar-refractivity contribution in [1.29, 1.82) is 0 Å². The third kappa shape index (κ3) is 3.28. The van der Waals surface area contributed by atoms with Crippen molar-refractivity contribution in [2.24, 2.45) is 0 Å². The first-order valence-corrected chi connectivity index (χ1v) is 6.58. The lowest BCUT2D eigenvalue weighted by molar-refractivity contribution is 0.416. The summed E-state index contributed by atoms with van der Waals surface area (Å²) in [5.41, 5.74) is 0.879. The van der Waals surface area contributed by atoms with Crippen LogP contribution in [0.2, 0.25) is 9.36 Å². The van der Waals surface area contributed by atoms with E-state index in [0.29, 0.717) is 11.6 Å². The highest BCUT2D eigenvalue weighted by molar-refractivity contribution is 7.16. The number of benzene rings is 1. The Morgan fingerprint density at radius 2 is 2.06 bits per heavy atom. The maximum atomic E-state index is 5.95. The minimum atomic E-state index is 0.678. The van der Waals surface area contributed by atoms with Crippen molar-refractivity contribution in [2.75, 3.05) is 12.4 Å². The summed E-state index contributed by atoms with van der Waals surface area (Å²) in [6, 6.07) is 9.37. The summed E-state index contributed by atoms with van der Waals surface area (Å²) in [5.74, 6) is 0.775. The van der Waals surface area contributed by atoms with Gasteiger partial charge in [0.05, 0.1) is 17.1 Å². The van der Waals surface area contributed by atoms with Crippen LogP contribution in [0, 0.1) is 0 Å². The van der Waals surface area contributed by atoms with E-state index in [2.05, 4.69) is 5.32 Å². The van der Waals surface area contributed by atoms with E-state index in [-0.39, 0.29) is 0 Å². The number of rotatable bonds is 4. The first-order chi connectivity index (χ1) is 8.19. The average Bonchev–Trinajstić information content (AvgIpc) is 2.73. The number of hydrogen-bond donors (Lipinski definition) is 1. The second kappa shape index (κ2) is 5.63. The number of thiophene rings is 1. The summed E-state index contributed by atoms with van der Waals surface area (Å²) in [6.07, 6.45) is 0. The number of ether oxygens (including phenoxy) is 1. The molecule has 0 bridgehead atoms. The third-order valence-electron chi connectivity index (χ3n) is 2.24. The Morgan fingerprint density at radius 3 is 2.71 bits per heavy atom. The summed E-state index contributed by atoms with van der Waals surface area (Å²) < 4.78 is 6.04. The van der Waals surface area contributed by atoms with Crippen LogP contribution < -0.4 is 10.1 Å². The third-order valence-corrected chi connectivity index (χ3v) is 3.71. The van der Waals surface area contributed by atoms with Gasteiger partial charge in [-0.05, 0) is 30.3 Å². The molecule has 1 N–H and O–H groups in total. The number of nitrogens with one attached hydrogen (secondary N) is 1. The van der Waals surface area contributed by atoms with Gasteiger partial charge in [0.1, 0.15) is 5.75 Å². The van der Waals surface area contributed by atoms with Gasteiger partial charge in [-0.15, -0.1) is 11.3 Å². The molecule has 0 amide bonds. The molecule has 5 heteroatoms. The summed E-state index contributed by atoms with van der Waals surface area (Å²) >= 11 is 13.4. The molecule has 0 atom stereocenters. The number of methoxy groups -OCH3 is 1. The first-order valence-electron chi connectivity index (χ1n) is 5.00. The number of anilines is 1. The number of hydrogen-bond acceptors (Lipinski definition) is 3. The summed E-state index contributed by atoms with van der Waals surface area (Å²) in [6.45, 7) is 0.702. The Balaban J connectivity index is 2.10. The van der Waals surface area contributed by atoms with Crippen LogP contribution in [0.1, 0.15) is 4.88 Å². The smallest absolute Gasteiger partial charge is 0.142 e. The Kier molecular flexibility index (Phi) is 4.15. The van der Waals surface area contributed by atoms with Crippen molar-refractivity contribution in [2.45, 2.75) is 6.54 Å². The van der Waals surface area contributed by atoms with Crippen molar-refractivity contribution >= 4 is 40.2 Å². The Hall–Kier alpha value is -0.900. The van der Waals surface area contributed by atoms with Gasteiger partial charge in [-0.2, -0.15) is 0 Å². The monoisotopic (exact) mass is 287 g/mol. The fraction of sp³-hybridized carbons (Fsp3) is 0.167. The largest absolute Gasteiger partial charge is 0.495 e. The lowest BCUT2D eigenvalue weighted by atomic mass is 10.3. The van der Waals surface area contributed by atoms with Crippen molar-refractivity contribution in [1.82, 2.24) is 0 Å². The molecule has 0 saturated heterocycles. The van der Waals surface area contributed by atoms with Gasteiger partial charge in [0, 0.05) is 16.4 Å². The van der Waals surface area contributed by atoms with Crippen LogP contribution in [-0.4, -0.2) is 7.11 Å². The van der Waals surface area contributed by atoms with Crippen LogP contribution in [0.5, 0.6) is 5.75 Å². The predicted molar refractivity (Wildman–Crippen MR) is 74.7 cm³/mol. The highest BCUT2D eigenvalue weighted by atomic mass is 35.5. The van der Waals surface area contributed by atoms with Crippen LogP contribution in [0.15, 0.2) is 30.3 Å². The molecule has 0 spiro atoms. The Labute approximate surface area is 114 Å². The van der Waals surface area contributed by atoms with Crippen molar-refractivity contribution in [3.8, 4) is 5.75 Å². The molecule has 90 valence electrons. The lowest BCUT2D eigenvalue weighted by Crippen LogP contribution is -1.99. The van der Waals surface area contributed by atoms with Crippen molar-refractivity contribution < 1.29 is 4.74 Å². The molecule has 0 aliphatic rings. The van der Waals surface area contributed by atoms with Crippen LogP contribution >= 0.6 is 34.5 Å². The van der Waals surface area contributed by atoms with E-state index in [1.54, 1.807) is 24.5 Å². The van der Waals surface area contributed by atoms with Gasteiger partial charge < -0.3 is 10.1 Å². The zero-order valence-electron chi connectivity index (χ0n) is 9.17. The van der Waals surface area contributed by atoms with Crippen LogP contribution in [0.3, 0.4) is 0 Å². The molecular formula is C12H11Cl2NOS. The summed E-state index contributed by atoms with van der Waals surface area (Å²) in [7, 11) is 1.64. The molecule has 2 aromatic rings. The maximum absolute atomic E-state index is 5.95. The lowest BCUT2D eigenvalue weighted by Gasteiger charge is -2.10. The standard InChI is InChI=1S/C12H11Cl2NOS/c1-16-11-4-2-8(13)6-10(11)15-7-9-3-5-12(14)17-9/h2-6,15H,7H2,1H3. The van der Waals surface area contributed by atoms with E-state index in [0.717, 1.165) is 20.7 Å². The highest BCUT2D eigenvalue weighted by Gasteiger charge is 2.04. The highest BCUT2D eigenvalue weighted by Crippen LogP contribution is 2.29. The molecule has 2 nitrogen and oxygen atoms in total. The average molecular weight is 288 g/mol. The molecule has 1 aromatic heterocycles. The molecule has 0 aliphatic carbocycles. The quantitative estimate of drug-likeness (QED) is 0.882. The Morgan fingerprint density at radius 1 is 1.24 bits per heavy atom. The van der Waals surface area contributed by atoms with Crippen LogP contribution in [-0.2, 0) is 6.54 Å². The fourth-order valence-electron chi connectivity index (χ4n) is 1.45. The normalized spacial score (nSPS) is 10.3. The van der Waals surface area contributed by atoms with Gasteiger partial charge >= 0.3 is 0 Å². The van der Waals surface area contributed by atoms with E-state index >= 15 is 0 Å². The van der Waals surface area contributed by atoms with E-state index in [1.165, 1.54) is 0 Å². The van der Waals surface area contributed by atoms with Crippen molar-refractivity contribution in [3.63, 3.8) is 0 Å². The van der Waals surface area contributed by atoms with E-state index in [9.17, 15) is 0 Å². The van der Waals surface area contributed by atoms with Crippen LogP contribution in [0.25, 0.3) is 0 Å². The van der Waals surface area contributed by atoms with Crippen LogP contribution in [0.4, 0.5) is 5.69 Å². The maximum Gasteiger partial charge on any atom is 0.142 e. The molecule has 0 aliphatic heterocycles. The number of halogens is 2. The molecule has 1 aromatic carbocycles. The molecule has 0 saturated carbocycles. The molecule has 0 radical (unpaired) electrons. The molecular weight excluding hydrogens is 277 g/mol. The zero-order valence-corrected chi connectivity index (χ0v) is 11.5. The fourth-order valence-corrected chi connectivity index (χ4v) is 2.65. The van der Waals surface area contributed by atoms with E-state index < -0.39 is 0 Å². The second-order valence-electron chi connectivity index (χ2n) is 3.40. The zero-order chi connectivity index (χ0) is 12.3. The van der Waals surface area contributed by atoms with Gasteiger partial charge in [-0.25, -0.2) is 0 Å². The second-order valence-corrected chi connectivity index (χ2v) is 5.64. The van der Waals surface area contributed by atoms with Gasteiger partial charge in [0.15, 0.2) is 0 Å². The first kappa shape index (κ1) is 12.6. The molecule has 17 heavy (non-hydrogen) atoms. The Bertz CT molecular complexity index is 513. The van der Waals surface area contributed by atoms with E-state index in [1.807, 2.05) is 24.3 Å². The molecule has 2 rings (SSSR count). The minimum absolute atomic E-state index is 0.678. The SMILES string of the molecule is COc1ccc(Cl)cc1NCc1ccc(Cl)s1. The van der Waals surface area contributed by atoms with Gasteiger partial charge in [0.2, 0.25) is 0 Å². The molecule has 0 fully saturated rings. The topological polar surface area (TPSA) is 21.3 Å². The van der Waals surface area contributed by atoms with E-state index in [4.69, 9.17) is 27.9 Å². The van der Waals surface area contributed by atoms with Gasteiger partial charge in [-0.3, -0.25) is 0 Å². The predicted octanol–water partition coefficient (Wildman–Crippen LogP) is 4.68. The molecule has 0 unspecified atom stereocenters. The van der Waals surface area contributed by atoms with Gasteiger partial charge in [-0.1, -0.05) is 23.2 Å². The summed E-state index contributed by atoms with van der Waals surface area (Å²) in [4.78, 5) is 1.16. The van der Waals surface area contributed by atoms with Crippen molar-refractivity contribution in [3.05, 3.63) is 44.6 Å². The minimum Gasteiger partial charge on any atom is -0.495 e. The summed E-state index contributed by atoms with van der Waals surface area (Å²) in [5, 5.41) is 3.96. The van der Waals surface area contributed by atoms with Gasteiger partial charge in [0.25, 0.3) is 0 Å².